The maximum atomic E-state index is 13.4. The lowest BCUT2D eigenvalue weighted by Gasteiger charge is -2.60. The first-order valence-corrected chi connectivity index (χ1v) is 20.6. The van der Waals surface area contributed by atoms with E-state index in [0.717, 1.165) is 66.2 Å². The number of carbonyl (C=O) groups excluding carboxylic acids is 6. The summed E-state index contributed by atoms with van der Waals surface area (Å²) in [5.41, 5.74) is -2.40. The second kappa shape index (κ2) is 14.2. The van der Waals surface area contributed by atoms with Gasteiger partial charge < -0.3 is 37.1 Å². The average molecular weight is 703 g/mol. The molecule has 4 rings (SSSR count). The smallest absolute Gasteiger partial charge is 0.495 e. The molecule has 3 N–H and O–H groups in total. The number of Topliss-reactive ketones (excluding diaryl/α,β-unsaturated/α-hetero) is 2. The monoisotopic (exact) mass is 702 g/mol. The summed E-state index contributed by atoms with van der Waals surface area (Å²) in [4.78, 5) is 70.3. The van der Waals surface area contributed by atoms with Gasteiger partial charge in [0, 0.05) is 45.4 Å². The minimum Gasteiger partial charge on any atom is -0.495 e. The molecule has 0 aromatic rings. The normalized spacial score (nSPS) is 34.7. The third-order valence-corrected chi connectivity index (χ3v) is 16.0. The molecule has 4 saturated carbocycles. The largest absolute Gasteiger partial charge is 0.890 e. The summed E-state index contributed by atoms with van der Waals surface area (Å²) in [5.74, 6) is -2.89. The van der Waals surface area contributed by atoms with Crippen molar-refractivity contribution in [3.63, 3.8) is 0 Å². The van der Waals surface area contributed by atoms with Gasteiger partial charge in [-0.2, -0.15) is 0 Å². The van der Waals surface area contributed by atoms with Gasteiger partial charge in [-0.15, -0.1) is 0 Å². The standard InChI is InChI=1S/C21H32O5.C10H18O9Si2/c1-19-7-5-13(23)9-12(19)3-4-14-15-6-8-21(26,17(25)11-22)20(15,2)10-16(24)18(14)19;1-7(11)15-20(5,6)19-21(16-8(2)12,17-9(3)13)18-10(4)14/h12-15,18,22-23,26H,3-11H2,1-2H3;1-6H3/t12-,13-,14+,15+,18-,19+,20+,21+;/m1./s1. The molecule has 14 nitrogen and oxygen atoms in total. The van der Waals surface area contributed by atoms with Crippen LogP contribution in [0, 0.1) is 34.5 Å². The fraction of sp³-hybridized carbons (Fsp3) is 0.806. The van der Waals surface area contributed by atoms with Crippen molar-refractivity contribution < 1.29 is 65.9 Å². The molecule has 0 aromatic carbocycles. The van der Waals surface area contributed by atoms with Crippen molar-refractivity contribution in [2.75, 3.05) is 6.61 Å². The molecule has 4 aliphatic rings. The van der Waals surface area contributed by atoms with Crippen LogP contribution in [0.4, 0.5) is 0 Å². The van der Waals surface area contributed by atoms with Gasteiger partial charge in [0.2, 0.25) is 0 Å². The Bertz CT molecular complexity index is 1230. The summed E-state index contributed by atoms with van der Waals surface area (Å²) in [6.45, 7) is 10.6. The number of aliphatic hydroxyl groups is 3. The molecule has 4 fully saturated rings. The van der Waals surface area contributed by atoms with Crippen LogP contribution in [0.1, 0.15) is 92.9 Å². The van der Waals surface area contributed by atoms with Gasteiger partial charge in [0.15, 0.2) is 5.78 Å². The topological polar surface area (TPSA) is 209 Å². The summed E-state index contributed by atoms with van der Waals surface area (Å²) in [6.07, 6.45) is 5.47. The first kappa shape index (κ1) is 38.9. The van der Waals surface area contributed by atoms with Crippen molar-refractivity contribution in [1.82, 2.24) is 0 Å². The molecule has 8 atom stereocenters. The van der Waals surface area contributed by atoms with Crippen molar-refractivity contribution in [2.45, 2.75) is 118 Å². The van der Waals surface area contributed by atoms with Gasteiger partial charge in [0.05, 0.1) is 6.10 Å². The Morgan fingerprint density at radius 3 is 1.85 bits per heavy atom. The van der Waals surface area contributed by atoms with E-state index in [-0.39, 0.29) is 41.5 Å². The number of hydrogen-bond donors (Lipinski definition) is 3. The highest BCUT2D eigenvalue weighted by Gasteiger charge is 2.69. The number of aliphatic hydroxyl groups excluding tert-OH is 2. The van der Waals surface area contributed by atoms with Gasteiger partial charge in [0.25, 0.3) is 23.9 Å². The highest BCUT2D eigenvalue weighted by molar-refractivity contribution is 6.76. The number of carbonyl (C=O) groups is 6. The molecule has 4 aliphatic carbocycles. The lowest BCUT2D eigenvalue weighted by atomic mass is 9.44. The Morgan fingerprint density at radius 1 is 0.830 bits per heavy atom. The lowest BCUT2D eigenvalue weighted by Crippen LogP contribution is -2.62. The van der Waals surface area contributed by atoms with E-state index in [0.29, 0.717) is 12.3 Å². The van der Waals surface area contributed by atoms with E-state index < -0.39 is 64.9 Å². The van der Waals surface area contributed by atoms with E-state index >= 15 is 0 Å². The Kier molecular flexibility index (Phi) is 11.7. The highest BCUT2D eigenvalue weighted by Crippen LogP contribution is 2.67. The van der Waals surface area contributed by atoms with Crippen LogP contribution in [0.5, 0.6) is 0 Å². The molecule has 47 heavy (non-hydrogen) atoms. The molecule has 0 spiro atoms. The average Bonchev–Trinajstić information content (AvgIpc) is 3.17. The number of ketones is 2. The summed E-state index contributed by atoms with van der Waals surface area (Å²) in [7, 11) is -7.67. The molecule has 0 radical (unpaired) electrons. The van der Waals surface area contributed by atoms with Crippen molar-refractivity contribution in [3.8, 4) is 0 Å². The SMILES string of the molecule is CC(=O)O[Si](C)(C)O[Si](OC(C)=O)(OC(C)=O)OC(C)=O.C[C@]12CC[C@@H](O)C[C@H]1CC[C@@H]1[C@@H]2C(=O)C[C@@]2(C)[C@H]1CC[C@]2(O)C(=O)CO. The Balaban J connectivity index is 0.000000263. The van der Waals surface area contributed by atoms with Crippen LogP contribution in [0.3, 0.4) is 0 Å². The third kappa shape index (κ3) is 8.04. The molecular formula is C31H50O14Si2. The zero-order chi connectivity index (χ0) is 35.8. The molecular weight excluding hydrogens is 652 g/mol. The Labute approximate surface area is 277 Å². The van der Waals surface area contributed by atoms with Crippen LogP contribution in [0.2, 0.25) is 13.1 Å². The molecule has 0 saturated heterocycles. The molecule has 16 heteroatoms. The van der Waals surface area contributed by atoms with Gasteiger partial charge in [-0.05, 0) is 81.2 Å². The second-order valence-corrected chi connectivity index (χ2v) is 19.8. The number of hydrogen-bond acceptors (Lipinski definition) is 14. The molecule has 0 bridgehead atoms. The maximum Gasteiger partial charge on any atom is 0.890 e. The number of rotatable bonds is 8. The predicted octanol–water partition coefficient (Wildman–Crippen LogP) is 2.25. The Hall–Kier alpha value is -2.51. The van der Waals surface area contributed by atoms with Crippen LogP contribution in [-0.2, 0) is 50.6 Å². The number of fused-ring (bicyclic) bond motifs is 5. The van der Waals surface area contributed by atoms with Crippen molar-refractivity contribution in [1.29, 1.82) is 0 Å². The van der Waals surface area contributed by atoms with Gasteiger partial charge in [-0.25, -0.2) is 0 Å². The van der Waals surface area contributed by atoms with E-state index in [1.165, 1.54) is 13.1 Å². The molecule has 0 heterocycles. The van der Waals surface area contributed by atoms with E-state index in [1.807, 2.05) is 6.92 Å². The van der Waals surface area contributed by atoms with Gasteiger partial charge >= 0.3 is 17.6 Å². The summed E-state index contributed by atoms with van der Waals surface area (Å²) in [5, 5.41) is 30.6. The highest BCUT2D eigenvalue weighted by atomic mass is 28.5. The fourth-order valence-electron chi connectivity index (χ4n) is 8.96. The zero-order valence-corrected chi connectivity index (χ0v) is 30.6. The van der Waals surface area contributed by atoms with Crippen molar-refractivity contribution >= 4 is 53.1 Å². The van der Waals surface area contributed by atoms with E-state index in [2.05, 4.69) is 6.92 Å². The van der Waals surface area contributed by atoms with Gasteiger partial charge in [0.1, 0.15) is 18.0 Å². The van der Waals surface area contributed by atoms with Gasteiger partial charge in [-0.3, -0.25) is 28.8 Å². The van der Waals surface area contributed by atoms with E-state index in [4.69, 9.17) is 21.8 Å². The Morgan fingerprint density at radius 2 is 1.36 bits per heavy atom. The van der Waals surface area contributed by atoms with Crippen LogP contribution >= 0.6 is 0 Å². The molecule has 0 aromatic heterocycles. The quantitative estimate of drug-likeness (QED) is 0.310. The molecule has 266 valence electrons. The third-order valence-electron chi connectivity index (χ3n) is 10.6. The van der Waals surface area contributed by atoms with Crippen LogP contribution in [0.15, 0.2) is 0 Å². The first-order valence-electron chi connectivity index (χ1n) is 16.1. The zero-order valence-electron chi connectivity index (χ0n) is 28.6. The van der Waals surface area contributed by atoms with Crippen LogP contribution in [0.25, 0.3) is 0 Å². The maximum absolute atomic E-state index is 13.4. The summed E-state index contributed by atoms with van der Waals surface area (Å²) < 4.78 is 24.8. The summed E-state index contributed by atoms with van der Waals surface area (Å²) >= 11 is 0. The molecule has 0 amide bonds. The van der Waals surface area contributed by atoms with Crippen LogP contribution in [-0.4, -0.2) is 86.7 Å². The minimum atomic E-state index is -4.45. The van der Waals surface area contributed by atoms with E-state index in [1.54, 1.807) is 0 Å². The second-order valence-electron chi connectivity index (χ2n) is 14.4. The minimum absolute atomic E-state index is 0.0154. The van der Waals surface area contributed by atoms with Crippen molar-refractivity contribution in [3.05, 3.63) is 0 Å². The van der Waals surface area contributed by atoms with Crippen LogP contribution < -0.4 is 0 Å². The van der Waals surface area contributed by atoms with Crippen molar-refractivity contribution in [2.24, 2.45) is 34.5 Å². The predicted molar refractivity (Wildman–Crippen MR) is 167 cm³/mol. The van der Waals surface area contributed by atoms with Gasteiger partial charge in [-0.1, -0.05) is 13.8 Å². The van der Waals surface area contributed by atoms with E-state index in [9.17, 15) is 44.1 Å². The molecule has 0 unspecified atom stereocenters. The molecule has 0 aliphatic heterocycles. The summed E-state index contributed by atoms with van der Waals surface area (Å²) in [6, 6.07) is 0. The first-order chi connectivity index (χ1) is 21.5. The lowest BCUT2D eigenvalue weighted by molar-refractivity contribution is -0.180. The fourth-order valence-corrected chi connectivity index (χ4v) is 13.9.